The molecule has 0 radical (unpaired) electrons. The smallest absolute Gasteiger partial charge is 0.404 e. The van der Waals surface area contributed by atoms with Gasteiger partial charge < -0.3 is 14.8 Å². The second kappa shape index (κ2) is 8.78. The van der Waals surface area contributed by atoms with E-state index in [0.717, 1.165) is 16.2 Å². The van der Waals surface area contributed by atoms with Crippen LogP contribution >= 0.6 is 0 Å². The summed E-state index contributed by atoms with van der Waals surface area (Å²) in [6.45, 7) is 10.8. The molecule has 170 valence electrons. The van der Waals surface area contributed by atoms with Crippen LogP contribution in [0.15, 0.2) is 48.5 Å². The predicted octanol–water partition coefficient (Wildman–Crippen LogP) is 4.55. The first-order valence-electron chi connectivity index (χ1n) is 10.6. The zero-order chi connectivity index (χ0) is 23.7. The summed E-state index contributed by atoms with van der Waals surface area (Å²) in [5.74, 6) is -0.0229. The van der Waals surface area contributed by atoms with E-state index in [-0.39, 0.29) is 11.6 Å². The van der Waals surface area contributed by atoms with Gasteiger partial charge >= 0.3 is 6.09 Å². The van der Waals surface area contributed by atoms with E-state index >= 15 is 0 Å². The Kier molecular flexibility index (Phi) is 6.45. The first-order valence-corrected chi connectivity index (χ1v) is 13.5. The summed E-state index contributed by atoms with van der Waals surface area (Å²) in [6, 6.07) is 13.5. The van der Waals surface area contributed by atoms with Crippen LogP contribution in [-0.2, 0) is 6.42 Å². The summed E-state index contributed by atoms with van der Waals surface area (Å²) < 4.78 is 6.29. The van der Waals surface area contributed by atoms with Crippen LogP contribution in [0.2, 0.25) is 18.1 Å². The quantitative estimate of drug-likeness (QED) is 0.473. The van der Waals surface area contributed by atoms with E-state index in [2.05, 4.69) is 39.2 Å². The van der Waals surface area contributed by atoms with Gasteiger partial charge in [-0.05, 0) is 54.4 Å². The number of nitrogens with one attached hydrogen (secondary N) is 1. The van der Waals surface area contributed by atoms with Crippen molar-refractivity contribution >= 4 is 26.2 Å². The Balaban J connectivity index is 1.72. The molecule has 1 atom stereocenters. The van der Waals surface area contributed by atoms with Crippen LogP contribution in [0.3, 0.4) is 0 Å². The first-order chi connectivity index (χ1) is 14.9. The van der Waals surface area contributed by atoms with Gasteiger partial charge in [-0.2, -0.15) is 0 Å². The normalized spacial score (nSPS) is 14.8. The highest BCUT2D eigenvalue weighted by Crippen LogP contribution is 2.37. The van der Waals surface area contributed by atoms with E-state index in [9.17, 15) is 19.5 Å². The topological polar surface area (TPSA) is 95.9 Å². The minimum Gasteiger partial charge on any atom is -0.544 e. The van der Waals surface area contributed by atoms with Crippen LogP contribution in [0.5, 0.6) is 5.75 Å². The molecule has 0 bridgehead atoms. The van der Waals surface area contributed by atoms with Gasteiger partial charge in [0.15, 0.2) is 0 Å². The van der Waals surface area contributed by atoms with Crippen molar-refractivity contribution < 1.29 is 23.9 Å². The Morgan fingerprint density at radius 1 is 1.03 bits per heavy atom. The van der Waals surface area contributed by atoms with Crippen molar-refractivity contribution in [1.82, 2.24) is 10.2 Å². The molecule has 0 saturated carbocycles. The van der Waals surface area contributed by atoms with Gasteiger partial charge in [-0.3, -0.25) is 14.5 Å². The number of carboxylic acid groups (broad SMARTS) is 1. The number of imide groups is 1. The van der Waals surface area contributed by atoms with E-state index in [1.165, 1.54) is 0 Å². The van der Waals surface area contributed by atoms with Gasteiger partial charge in [0.05, 0.1) is 23.7 Å². The van der Waals surface area contributed by atoms with Crippen molar-refractivity contribution in [3.63, 3.8) is 0 Å². The third-order valence-electron chi connectivity index (χ3n) is 6.19. The van der Waals surface area contributed by atoms with Gasteiger partial charge in [-0.25, -0.2) is 4.79 Å². The average Bonchev–Trinajstić information content (AvgIpc) is 2.93. The number of fused-ring (bicyclic) bond motifs is 1. The van der Waals surface area contributed by atoms with Crippen molar-refractivity contribution in [3.05, 3.63) is 65.2 Å². The molecule has 2 N–H and O–H groups in total. The SMILES string of the molecule is CC(C)(C)[Si](C)(C)Oc1ccc(C[C@@H](CN2C(=O)c3ccccc3C2=O)NC(=O)O)cc1. The number of carbonyl (C=O) groups is 3. The summed E-state index contributed by atoms with van der Waals surface area (Å²) in [6.07, 6.45) is -0.871. The number of carbonyl (C=O) groups excluding carboxylic acids is 2. The fraction of sp³-hybridized carbons (Fsp3) is 0.375. The summed E-state index contributed by atoms with van der Waals surface area (Å²) in [7, 11) is -1.96. The summed E-state index contributed by atoms with van der Waals surface area (Å²) in [5, 5.41) is 11.8. The number of amides is 3. The molecule has 0 aromatic heterocycles. The van der Waals surface area contributed by atoms with Gasteiger partial charge in [-0.15, -0.1) is 0 Å². The molecule has 1 aliphatic heterocycles. The molecule has 1 aliphatic rings. The van der Waals surface area contributed by atoms with Crippen LogP contribution in [0.25, 0.3) is 0 Å². The van der Waals surface area contributed by atoms with Crippen LogP contribution < -0.4 is 9.74 Å². The zero-order valence-electron chi connectivity index (χ0n) is 19.1. The molecule has 1 heterocycles. The maximum absolute atomic E-state index is 12.7. The highest BCUT2D eigenvalue weighted by atomic mass is 28.4. The number of benzene rings is 2. The van der Waals surface area contributed by atoms with Crippen molar-refractivity contribution in [3.8, 4) is 5.75 Å². The molecule has 7 nitrogen and oxygen atoms in total. The molecule has 2 aromatic carbocycles. The predicted molar refractivity (Wildman–Crippen MR) is 125 cm³/mol. The maximum atomic E-state index is 12.7. The van der Waals surface area contributed by atoms with Crippen LogP contribution in [0.4, 0.5) is 4.79 Å². The Morgan fingerprint density at radius 3 is 2.03 bits per heavy atom. The molecule has 32 heavy (non-hydrogen) atoms. The minimum absolute atomic E-state index is 0.0408. The van der Waals surface area contributed by atoms with Crippen LogP contribution in [-0.4, -0.2) is 48.8 Å². The summed E-state index contributed by atoms with van der Waals surface area (Å²) in [5.41, 5.74) is 1.57. The van der Waals surface area contributed by atoms with E-state index in [1.807, 2.05) is 24.3 Å². The lowest BCUT2D eigenvalue weighted by Crippen LogP contribution is -2.46. The number of hydrogen-bond acceptors (Lipinski definition) is 4. The molecular weight excluding hydrogens is 424 g/mol. The molecule has 0 spiro atoms. The lowest BCUT2D eigenvalue weighted by atomic mass is 10.1. The molecule has 8 heteroatoms. The van der Waals surface area contributed by atoms with Crippen LogP contribution in [0.1, 0.15) is 47.1 Å². The van der Waals surface area contributed by atoms with E-state index in [1.54, 1.807) is 24.3 Å². The fourth-order valence-electron chi connectivity index (χ4n) is 3.39. The molecule has 0 fully saturated rings. The molecule has 0 saturated heterocycles. The zero-order valence-corrected chi connectivity index (χ0v) is 20.1. The largest absolute Gasteiger partial charge is 0.544 e. The summed E-state index contributed by atoms with van der Waals surface area (Å²) >= 11 is 0. The highest BCUT2D eigenvalue weighted by molar-refractivity contribution is 6.74. The lowest BCUT2D eigenvalue weighted by Gasteiger charge is -2.36. The van der Waals surface area contributed by atoms with Gasteiger partial charge in [0, 0.05) is 0 Å². The maximum Gasteiger partial charge on any atom is 0.404 e. The third-order valence-corrected chi connectivity index (χ3v) is 10.6. The van der Waals surface area contributed by atoms with E-state index in [0.29, 0.717) is 17.5 Å². The van der Waals surface area contributed by atoms with Crippen molar-refractivity contribution in [2.24, 2.45) is 0 Å². The van der Waals surface area contributed by atoms with Crippen molar-refractivity contribution in [2.75, 3.05) is 6.54 Å². The van der Waals surface area contributed by atoms with Gasteiger partial charge in [0.2, 0.25) is 8.32 Å². The Morgan fingerprint density at radius 2 is 1.56 bits per heavy atom. The van der Waals surface area contributed by atoms with Crippen LogP contribution in [0, 0.1) is 0 Å². The van der Waals surface area contributed by atoms with Gasteiger partial charge in [0.25, 0.3) is 11.8 Å². The average molecular weight is 455 g/mol. The van der Waals surface area contributed by atoms with E-state index in [4.69, 9.17) is 4.43 Å². The Bertz CT molecular complexity index is 992. The van der Waals surface area contributed by atoms with Crippen molar-refractivity contribution in [1.29, 1.82) is 0 Å². The molecule has 3 rings (SSSR count). The molecule has 0 unspecified atom stereocenters. The molecular formula is C24H30N2O5Si. The minimum atomic E-state index is -1.96. The number of rotatable bonds is 7. The highest BCUT2D eigenvalue weighted by Gasteiger charge is 2.39. The monoisotopic (exact) mass is 454 g/mol. The van der Waals surface area contributed by atoms with Gasteiger partial charge in [-0.1, -0.05) is 45.0 Å². The standard InChI is InChI=1S/C24H30N2O5Si/c1-24(2,3)32(4,5)31-18-12-10-16(11-13-18)14-17(25-23(29)30)15-26-21(27)19-8-6-7-9-20(19)22(26)28/h6-13,17,25H,14-15H2,1-5H3,(H,29,30)/t17-/m0/s1. The first kappa shape index (κ1) is 23.5. The lowest BCUT2D eigenvalue weighted by molar-refractivity contribution is 0.0636. The number of nitrogens with zero attached hydrogens (tertiary/aromatic N) is 1. The summed E-state index contributed by atoms with van der Waals surface area (Å²) in [4.78, 5) is 37.8. The molecule has 3 amide bonds. The Hall–Kier alpha value is -3.13. The third kappa shape index (κ3) is 5.02. The second-order valence-corrected chi connectivity index (χ2v) is 14.3. The molecule has 0 aliphatic carbocycles. The number of hydrogen-bond donors (Lipinski definition) is 2. The second-order valence-electron chi connectivity index (χ2n) is 9.62. The molecule has 2 aromatic rings. The van der Waals surface area contributed by atoms with E-state index < -0.39 is 32.3 Å². The van der Waals surface area contributed by atoms with Crippen molar-refractivity contribution in [2.45, 2.75) is 51.4 Å². The Labute approximate surface area is 189 Å². The van der Waals surface area contributed by atoms with Gasteiger partial charge in [0.1, 0.15) is 5.75 Å². The fourth-order valence-corrected chi connectivity index (χ4v) is 4.42.